The van der Waals surface area contributed by atoms with Crippen molar-refractivity contribution in [1.29, 1.82) is 0 Å². The largest absolute Gasteiger partial charge is 4.00 e. The molecular formula is HO3TiZn+. The van der Waals surface area contributed by atoms with Crippen molar-refractivity contribution in [3.8, 4) is 0 Å². The van der Waals surface area contributed by atoms with Crippen molar-refractivity contribution in [3.63, 3.8) is 0 Å². The van der Waals surface area contributed by atoms with Gasteiger partial charge in [-0.15, -0.1) is 0 Å². The van der Waals surface area contributed by atoms with Crippen LogP contribution in [0.1, 0.15) is 0 Å². The fraction of sp³-hybridized carbons (Fsp3) is 0. The molecule has 0 amide bonds. The molecule has 0 atom stereocenters. The second kappa shape index (κ2) is 62.6. The molecule has 0 aliphatic rings. The molecule has 3 nitrogen and oxygen atoms in total. The smallest absolute Gasteiger partial charge is 2.00 e. The van der Waals surface area contributed by atoms with Gasteiger partial charge >= 0.3 is 41.2 Å². The minimum absolute atomic E-state index is 0. The van der Waals surface area contributed by atoms with Crippen LogP contribution in [-0.4, -0.2) is 5.48 Å². The molecule has 0 bridgehead atoms. The molecule has 0 fully saturated rings. The van der Waals surface area contributed by atoms with Crippen LogP contribution in [0, 0.1) is 0 Å². The summed E-state index contributed by atoms with van der Waals surface area (Å²) in [6.07, 6.45) is 0. The summed E-state index contributed by atoms with van der Waals surface area (Å²) >= 11 is 0. The van der Waals surface area contributed by atoms with Gasteiger partial charge in [0, 0.05) is 0 Å². The molecule has 0 rings (SSSR count). The molecule has 0 aromatic rings. The van der Waals surface area contributed by atoms with Crippen LogP contribution in [0.2, 0.25) is 0 Å². The topological polar surface area (TPSA) is 87.0 Å². The summed E-state index contributed by atoms with van der Waals surface area (Å²) in [5.74, 6) is 0. The van der Waals surface area contributed by atoms with Gasteiger partial charge in [-0.2, -0.15) is 0 Å². The second-order valence-corrected chi connectivity index (χ2v) is 0. The predicted molar refractivity (Wildman–Crippen MR) is 3.31 cm³/mol. The summed E-state index contributed by atoms with van der Waals surface area (Å²) in [5.41, 5.74) is 0. The van der Waals surface area contributed by atoms with E-state index in [0.29, 0.717) is 0 Å². The Morgan fingerprint density at radius 3 is 0.800 bits per heavy atom. The zero-order chi connectivity index (χ0) is 0. The van der Waals surface area contributed by atoms with Crippen LogP contribution < -0.4 is 0 Å². The van der Waals surface area contributed by atoms with E-state index in [9.17, 15) is 0 Å². The van der Waals surface area contributed by atoms with Crippen LogP contribution in [0.15, 0.2) is 0 Å². The van der Waals surface area contributed by atoms with Gasteiger partial charge in [0.15, 0.2) is 0 Å². The average molecular weight is 162 g/mol. The quantitative estimate of drug-likeness (QED) is 0.445. The van der Waals surface area contributed by atoms with E-state index in [2.05, 4.69) is 0 Å². The molecule has 0 saturated heterocycles. The second-order valence-electron chi connectivity index (χ2n) is 0. The van der Waals surface area contributed by atoms with Crippen LogP contribution in [0.5, 0.6) is 0 Å². The Bertz CT molecular complexity index is 6.85. The zero-order valence-electron chi connectivity index (χ0n) is 2.47. The van der Waals surface area contributed by atoms with Gasteiger partial charge in [0.05, 0.1) is 0 Å². The minimum Gasteiger partial charge on any atom is -2.00 e. The first-order valence-electron chi connectivity index (χ1n) is 0. The first kappa shape index (κ1) is 114. The SMILES string of the molecule is [O-2].[O-2].[OH-].[Ti+4].[Zn+2]. The first-order valence-corrected chi connectivity index (χ1v) is 0. The Balaban J connectivity index is 0. The Labute approximate surface area is 57.7 Å². The summed E-state index contributed by atoms with van der Waals surface area (Å²) < 4.78 is 0. The normalized spacial score (nSPS) is 0. The number of rotatable bonds is 0. The summed E-state index contributed by atoms with van der Waals surface area (Å²) in [5, 5.41) is 0. The molecule has 0 heterocycles. The maximum Gasteiger partial charge on any atom is 4.00 e. The summed E-state index contributed by atoms with van der Waals surface area (Å²) in [4.78, 5) is 0. The molecule has 0 unspecified atom stereocenters. The third kappa shape index (κ3) is 36.4. The number of hydrogen-bond donors (Lipinski definition) is 0. The third-order valence-electron chi connectivity index (χ3n) is 0. The van der Waals surface area contributed by atoms with E-state index >= 15 is 0 Å². The van der Waals surface area contributed by atoms with E-state index in [1.165, 1.54) is 0 Å². The standard InChI is InChI=1S/H2O.2O.Ti.Zn/h1H2;;;;/q;2*-2;+4;+2/p-1. The fourth-order valence-electron chi connectivity index (χ4n) is 0. The van der Waals surface area contributed by atoms with Crippen LogP contribution >= 0.6 is 0 Å². The molecule has 0 aliphatic carbocycles. The molecule has 0 aliphatic heterocycles. The van der Waals surface area contributed by atoms with Gasteiger partial charge in [0.2, 0.25) is 0 Å². The molecule has 0 saturated carbocycles. The van der Waals surface area contributed by atoms with E-state index < -0.39 is 0 Å². The monoisotopic (exact) mass is 161 g/mol. The van der Waals surface area contributed by atoms with Gasteiger partial charge in [-0.1, -0.05) is 0 Å². The van der Waals surface area contributed by atoms with E-state index in [-0.39, 0.29) is 57.6 Å². The van der Waals surface area contributed by atoms with Crippen LogP contribution in [0.25, 0.3) is 0 Å². The van der Waals surface area contributed by atoms with Gasteiger partial charge in [-0.3, -0.25) is 0 Å². The van der Waals surface area contributed by atoms with Crippen molar-refractivity contribution in [2.45, 2.75) is 0 Å². The third-order valence-corrected chi connectivity index (χ3v) is 0. The predicted octanol–water partition coefficient (Wildman–Crippen LogP) is -0.419. The van der Waals surface area contributed by atoms with E-state index in [1.54, 1.807) is 0 Å². The van der Waals surface area contributed by atoms with Gasteiger partial charge < -0.3 is 16.4 Å². The van der Waals surface area contributed by atoms with E-state index in [0.717, 1.165) is 0 Å². The van der Waals surface area contributed by atoms with Crippen molar-refractivity contribution < 1.29 is 57.6 Å². The molecule has 24 valence electrons. The first-order chi connectivity index (χ1) is 0. The molecule has 5 heteroatoms. The Hall–Kier alpha value is 1.22. The molecule has 0 aromatic heterocycles. The van der Waals surface area contributed by atoms with Crippen molar-refractivity contribution in [3.05, 3.63) is 0 Å². The molecule has 0 spiro atoms. The van der Waals surface area contributed by atoms with Crippen LogP contribution in [0.4, 0.5) is 0 Å². The maximum atomic E-state index is 0. The maximum absolute atomic E-state index is 0. The van der Waals surface area contributed by atoms with Gasteiger partial charge in [0.1, 0.15) is 0 Å². The van der Waals surface area contributed by atoms with Crippen molar-refractivity contribution in [2.75, 3.05) is 0 Å². The zero-order valence-corrected chi connectivity index (χ0v) is 7.00. The van der Waals surface area contributed by atoms with Gasteiger partial charge in [0.25, 0.3) is 0 Å². The molecule has 0 aromatic carbocycles. The minimum atomic E-state index is 0. The van der Waals surface area contributed by atoms with Gasteiger partial charge in [-0.25, -0.2) is 0 Å². The molecule has 1 N–H and O–H groups in total. The molecular weight excluding hydrogens is 161 g/mol. The summed E-state index contributed by atoms with van der Waals surface area (Å²) in [6.45, 7) is 0. The Morgan fingerprint density at radius 1 is 0.800 bits per heavy atom. The number of hydrogen-bond acceptors (Lipinski definition) is 1. The van der Waals surface area contributed by atoms with Gasteiger partial charge in [-0.05, 0) is 0 Å². The summed E-state index contributed by atoms with van der Waals surface area (Å²) in [7, 11) is 0. The van der Waals surface area contributed by atoms with Crippen molar-refractivity contribution in [1.82, 2.24) is 0 Å². The molecule has 0 radical (unpaired) electrons. The van der Waals surface area contributed by atoms with Crippen LogP contribution in [-0.2, 0) is 52.1 Å². The van der Waals surface area contributed by atoms with Crippen molar-refractivity contribution in [2.24, 2.45) is 0 Å². The summed E-state index contributed by atoms with van der Waals surface area (Å²) in [6, 6.07) is 0. The van der Waals surface area contributed by atoms with E-state index in [1.807, 2.05) is 0 Å². The Kier molecular flexibility index (Phi) is 1430. The molecule has 5 heavy (non-hydrogen) atoms. The van der Waals surface area contributed by atoms with Crippen LogP contribution in [0.3, 0.4) is 0 Å². The Morgan fingerprint density at radius 2 is 0.800 bits per heavy atom. The fourth-order valence-corrected chi connectivity index (χ4v) is 0. The van der Waals surface area contributed by atoms with E-state index in [4.69, 9.17) is 0 Å². The van der Waals surface area contributed by atoms with Crippen molar-refractivity contribution >= 4 is 0 Å². The average Bonchev–Trinajstić information content (AvgIpc) is 0.